The monoisotopic (exact) mass is 130 g/mol. The third-order valence-corrected chi connectivity index (χ3v) is 2.03. The van der Waals surface area contributed by atoms with E-state index in [1.165, 1.54) is 11.1 Å². The topological polar surface area (TPSA) is 12.5 Å². The van der Waals surface area contributed by atoms with Crippen molar-refractivity contribution in [2.24, 2.45) is 0 Å². The Balaban J connectivity index is 2.32. The molecule has 0 bridgehead atoms. The second-order valence-corrected chi connectivity index (χ2v) is 2.67. The standard InChI is InChI=1S/C9H6O/c1-2-4-7-6(3-1)5-8-9(7)10-8/h1-5,9H. The fourth-order valence-electron chi connectivity index (χ4n) is 1.46. The predicted octanol–water partition coefficient (Wildman–Crippen LogP) is 2.11. The van der Waals surface area contributed by atoms with Crippen molar-refractivity contribution >= 4 is 6.08 Å². The molecular weight excluding hydrogens is 124 g/mol. The fraction of sp³-hybridized carbons (Fsp3) is 0.111. The van der Waals surface area contributed by atoms with Gasteiger partial charge in [-0.15, -0.1) is 0 Å². The van der Waals surface area contributed by atoms with Crippen molar-refractivity contribution in [3.05, 3.63) is 41.2 Å². The van der Waals surface area contributed by atoms with Gasteiger partial charge in [-0.1, -0.05) is 24.3 Å². The summed E-state index contributed by atoms with van der Waals surface area (Å²) in [6.45, 7) is 0. The predicted molar refractivity (Wildman–Crippen MR) is 38.2 cm³/mol. The minimum absolute atomic E-state index is 0.330. The molecule has 1 nitrogen and oxygen atoms in total. The molecule has 0 aromatic heterocycles. The smallest absolute Gasteiger partial charge is 0.181 e. The molecule has 1 saturated heterocycles. The molecule has 1 aliphatic heterocycles. The summed E-state index contributed by atoms with van der Waals surface area (Å²) >= 11 is 0. The lowest BCUT2D eigenvalue weighted by Gasteiger charge is -1.95. The zero-order valence-corrected chi connectivity index (χ0v) is 5.37. The third kappa shape index (κ3) is 0.397. The first-order chi connectivity index (χ1) is 4.95. The summed E-state index contributed by atoms with van der Waals surface area (Å²) in [4.78, 5) is 0. The highest BCUT2D eigenvalue weighted by molar-refractivity contribution is 5.67. The fourth-order valence-corrected chi connectivity index (χ4v) is 1.46. The SMILES string of the molecule is C1=C2OC2c2ccccc21. The van der Waals surface area contributed by atoms with Gasteiger partial charge < -0.3 is 4.74 Å². The van der Waals surface area contributed by atoms with Gasteiger partial charge in [0.05, 0.1) is 0 Å². The van der Waals surface area contributed by atoms with Crippen LogP contribution in [0.25, 0.3) is 6.08 Å². The summed E-state index contributed by atoms with van der Waals surface area (Å²) in [6, 6.07) is 8.35. The average molecular weight is 130 g/mol. The Hall–Kier alpha value is -1.24. The maximum Gasteiger partial charge on any atom is 0.181 e. The lowest BCUT2D eigenvalue weighted by molar-refractivity contribution is 0.434. The number of fused-ring (bicyclic) bond motifs is 3. The normalized spacial score (nSPS) is 24.4. The number of hydrogen-bond donors (Lipinski definition) is 0. The van der Waals surface area contributed by atoms with Gasteiger partial charge in [-0.3, -0.25) is 0 Å². The first-order valence-electron chi connectivity index (χ1n) is 3.42. The molecule has 10 heavy (non-hydrogen) atoms. The number of ether oxygens (including phenoxy) is 1. The maximum absolute atomic E-state index is 5.24. The molecule has 1 aliphatic carbocycles. The maximum atomic E-state index is 5.24. The van der Waals surface area contributed by atoms with E-state index in [0.29, 0.717) is 6.10 Å². The van der Waals surface area contributed by atoms with Crippen LogP contribution in [0.15, 0.2) is 30.0 Å². The van der Waals surface area contributed by atoms with Crippen molar-refractivity contribution in [1.82, 2.24) is 0 Å². The highest BCUT2D eigenvalue weighted by atomic mass is 16.6. The zero-order chi connectivity index (χ0) is 6.55. The molecule has 1 aromatic carbocycles. The van der Waals surface area contributed by atoms with Gasteiger partial charge in [-0.05, 0) is 11.6 Å². The molecule has 3 rings (SSSR count). The van der Waals surface area contributed by atoms with E-state index >= 15 is 0 Å². The number of rotatable bonds is 0. The van der Waals surface area contributed by atoms with Gasteiger partial charge in [-0.25, -0.2) is 0 Å². The Morgan fingerprint density at radius 3 is 3.00 bits per heavy atom. The van der Waals surface area contributed by atoms with Crippen LogP contribution in [0.1, 0.15) is 17.2 Å². The van der Waals surface area contributed by atoms with E-state index in [-0.39, 0.29) is 0 Å². The van der Waals surface area contributed by atoms with E-state index in [9.17, 15) is 0 Å². The molecule has 0 N–H and O–H groups in total. The minimum Gasteiger partial charge on any atom is -0.478 e. The van der Waals surface area contributed by atoms with Crippen molar-refractivity contribution < 1.29 is 4.74 Å². The highest BCUT2D eigenvalue weighted by Crippen LogP contribution is 2.50. The van der Waals surface area contributed by atoms with Crippen molar-refractivity contribution in [1.29, 1.82) is 0 Å². The summed E-state index contributed by atoms with van der Waals surface area (Å²) in [7, 11) is 0. The van der Waals surface area contributed by atoms with Gasteiger partial charge in [0, 0.05) is 5.56 Å². The first kappa shape index (κ1) is 4.56. The van der Waals surface area contributed by atoms with Crippen LogP contribution in [0, 0.1) is 0 Å². The van der Waals surface area contributed by atoms with Crippen molar-refractivity contribution in [2.45, 2.75) is 6.10 Å². The van der Waals surface area contributed by atoms with Crippen LogP contribution < -0.4 is 0 Å². The van der Waals surface area contributed by atoms with Crippen LogP contribution in [-0.2, 0) is 4.74 Å². The Morgan fingerprint density at radius 2 is 2.10 bits per heavy atom. The molecule has 2 aliphatic rings. The highest BCUT2D eigenvalue weighted by Gasteiger charge is 2.40. The molecule has 0 amide bonds. The van der Waals surface area contributed by atoms with Crippen LogP contribution in [0.4, 0.5) is 0 Å². The Labute approximate surface area is 58.9 Å². The largest absolute Gasteiger partial charge is 0.478 e. The van der Waals surface area contributed by atoms with Gasteiger partial charge in [0.1, 0.15) is 5.76 Å². The van der Waals surface area contributed by atoms with Crippen LogP contribution >= 0.6 is 0 Å². The van der Waals surface area contributed by atoms with Gasteiger partial charge in [-0.2, -0.15) is 0 Å². The molecule has 1 heterocycles. The molecule has 1 unspecified atom stereocenters. The first-order valence-corrected chi connectivity index (χ1v) is 3.42. The van der Waals surface area contributed by atoms with Gasteiger partial charge in [0.15, 0.2) is 6.10 Å². The van der Waals surface area contributed by atoms with E-state index < -0.39 is 0 Å². The van der Waals surface area contributed by atoms with E-state index in [2.05, 4.69) is 30.3 Å². The Morgan fingerprint density at radius 1 is 1.20 bits per heavy atom. The molecule has 1 aromatic rings. The summed E-state index contributed by atoms with van der Waals surface area (Å²) < 4.78 is 5.24. The van der Waals surface area contributed by atoms with E-state index in [1.807, 2.05) is 0 Å². The molecule has 48 valence electrons. The van der Waals surface area contributed by atoms with E-state index in [1.54, 1.807) is 0 Å². The van der Waals surface area contributed by atoms with Gasteiger partial charge in [0.2, 0.25) is 0 Å². The van der Waals surface area contributed by atoms with E-state index in [0.717, 1.165) is 5.76 Å². The molecule has 1 fully saturated rings. The summed E-state index contributed by atoms with van der Waals surface area (Å²) in [6.07, 6.45) is 2.44. The molecule has 0 saturated carbocycles. The molecule has 1 heteroatoms. The number of hydrogen-bond acceptors (Lipinski definition) is 1. The second kappa shape index (κ2) is 1.26. The summed E-state index contributed by atoms with van der Waals surface area (Å²) in [5.74, 6) is 1.14. The van der Waals surface area contributed by atoms with Crippen molar-refractivity contribution in [2.75, 3.05) is 0 Å². The quantitative estimate of drug-likeness (QED) is 0.490. The second-order valence-electron chi connectivity index (χ2n) is 2.67. The van der Waals surface area contributed by atoms with Gasteiger partial charge in [0.25, 0.3) is 0 Å². The average Bonchev–Trinajstić information content (AvgIpc) is 2.64. The third-order valence-electron chi connectivity index (χ3n) is 2.03. The lowest BCUT2D eigenvalue weighted by Crippen LogP contribution is -1.79. The van der Waals surface area contributed by atoms with Crippen molar-refractivity contribution in [3.8, 4) is 0 Å². The van der Waals surface area contributed by atoms with Crippen molar-refractivity contribution in [3.63, 3.8) is 0 Å². The van der Waals surface area contributed by atoms with Crippen LogP contribution in [0.2, 0.25) is 0 Å². The minimum atomic E-state index is 0.330. The van der Waals surface area contributed by atoms with Crippen LogP contribution in [-0.4, -0.2) is 0 Å². The van der Waals surface area contributed by atoms with Gasteiger partial charge >= 0.3 is 0 Å². The molecule has 0 spiro atoms. The number of benzene rings is 1. The number of epoxide rings is 1. The summed E-state index contributed by atoms with van der Waals surface area (Å²) in [5.41, 5.74) is 2.66. The van der Waals surface area contributed by atoms with Crippen LogP contribution in [0.5, 0.6) is 0 Å². The Bertz CT molecular complexity index is 325. The molecular formula is C9H6O. The van der Waals surface area contributed by atoms with E-state index in [4.69, 9.17) is 4.74 Å². The zero-order valence-electron chi connectivity index (χ0n) is 5.37. The lowest BCUT2D eigenvalue weighted by atomic mass is 10.1. The van der Waals surface area contributed by atoms with Crippen LogP contribution in [0.3, 0.4) is 0 Å². The molecule has 1 atom stereocenters. The summed E-state index contributed by atoms with van der Waals surface area (Å²) in [5, 5.41) is 0. The molecule has 0 radical (unpaired) electrons. The Kier molecular flexibility index (Phi) is 0.575.